The maximum Gasteiger partial charge on any atom is 0.227 e. The molecule has 0 aromatic heterocycles. The highest BCUT2D eigenvalue weighted by Crippen LogP contribution is 2.60. The Bertz CT molecular complexity index is 748. The zero-order chi connectivity index (χ0) is 18.7. The van der Waals surface area contributed by atoms with Crippen molar-refractivity contribution in [3.8, 4) is 0 Å². The number of methoxy groups -OCH3 is 1. The topological polar surface area (TPSA) is 63.6 Å². The normalized spacial score (nSPS) is 31.8. The summed E-state index contributed by atoms with van der Waals surface area (Å²) in [5.41, 5.74) is 0.938. The van der Waals surface area contributed by atoms with E-state index in [9.17, 15) is 14.7 Å². The Kier molecular flexibility index (Phi) is 4.01. The number of ketones is 2. The fraction of sp³-hybridized carbons (Fsp3) is 0.619. The molecule has 0 aromatic rings. The third-order valence-corrected chi connectivity index (χ3v) is 6.31. The average Bonchev–Trinajstić information content (AvgIpc) is 2.48. The Hall–Kier alpha value is -1.84. The van der Waals surface area contributed by atoms with Gasteiger partial charge in [0, 0.05) is 28.1 Å². The van der Waals surface area contributed by atoms with Crippen LogP contribution in [0.15, 0.2) is 34.3 Å². The van der Waals surface area contributed by atoms with E-state index in [1.807, 2.05) is 20.8 Å². The molecule has 1 saturated carbocycles. The van der Waals surface area contributed by atoms with Crippen molar-refractivity contribution in [3.63, 3.8) is 0 Å². The predicted octanol–water partition coefficient (Wildman–Crippen LogP) is 4.28. The monoisotopic (exact) mass is 344 g/mol. The van der Waals surface area contributed by atoms with Crippen LogP contribution in [0.5, 0.6) is 0 Å². The summed E-state index contributed by atoms with van der Waals surface area (Å²) in [5, 5.41) is 10.9. The Balaban J connectivity index is 2.32. The van der Waals surface area contributed by atoms with E-state index < -0.39 is 5.41 Å². The van der Waals surface area contributed by atoms with Crippen molar-refractivity contribution in [1.29, 1.82) is 0 Å². The number of fused-ring (bicyclic) bond motifs is 3. The number of allylic oxidation sites excluding steroid dienone is 3. The molecule has 2 atom stereocenters. The molecule has 0 heterocycles. The molecule has 1 fully saturated rings. The largest absolute Gasteiger partial charge is 0.504 e. The summed E-state index contributed by atoms with van der Waals surface area (Å²) in [6, 6.07) is 0. The van der Waals surface area contributed by atoms with Crippen LogP contribution in [-0.2, 0) is 14.3 Å². The Morgan fingerprint density at radius 1 is 1.20 bits per heavy atom. The molecule has 3 aliphatic rings. The van der Waals surface area contributed by atoms with Gasteiger partial charge in [-0.25, -0.2) is 0 Å². The first-order chi connectivity index (χ1) is 11.6. The van der Waals surface area contributed by atoms with Crippen LogP contribution >= 0.6 is 0 Å². The smallest absolute Gasteiger partial charge is 0.227 e. The van der Waals surface area contributed by atoms with Crippen molar-refractivity contribution >= 4 is 11.6 Å². The van der Waals surface area contributed by atoms with Gasteiger partial charge in [0.25, 0.3) is 0 Å². The second kappa shape index (κ2) is 5.58. The SMILES string of the molecule is COC1=C(C(C)C)C(=O)C(O)=C2C1=CC(=O)[C@H]1C(C)(C)CCC[C@]21C. The van der Waals surface area contributed by atoms with E-state index in [4.69, 9.17) is 4.74 Å². The summed E-state index contributed by atoms with van der Waals surface area (Å²) >= 11 is 0. The van der Waals surface area contributed by atoms with Crippen molar-refractivity contribution in [3.05, 3.63) is 34.3 Å². The van der Waals surface area contributed by atoms with Crippen LogP contribution in [0.4, 0.5) is 0 Å². The lowest BCUT2D eigenvalue weighted by Gasteiger charge is -2.53. The minimum absolute atomic E-state index is 0.0748. The standard InChI is InChI=1S/C21H28O4/c1-11(2)14-16(23)17(24)15-12(18(14)25-6)10-13(22)19-20(3,4)8-7-9-21(15,19)5/h10-11,19,24H,7-9H2,1-6H3/t19-,21+/m0/s1. The molecule has 0 radical (unpaired) electrons. The van der Waals surface area contributed by atoms with Crippen molar-refractivity contribution in [2.75, 3.05) is 7.11 Å². The number of ether oxygens (including phenoxy) is 1. The maximum atomic E-state index is 13.1. The third-order valence-electron chi connectivity index (χ3n) is 6.31. The molecule has 0 aliphatic heterocycles. The number of Topliss-reactive ketones (excluding diaryl/α,β-unsaturated/α-hetero) is 1. The molecular formula is C21H28O4. The van der Waals surface area contributed by atoms with Crippen LogP contribution in [0.25, 0.3) is 0 Å². The van der Waals surface area contributed by atoms with E-state index >= 15 is 0 Å². The zero-order valence-electron chi connectivity index (χ0n) is 16.0. The third kappa shape index (κ3) is 2.33. The molecule has 0 amide bonds. The molecule has 1 N–H and O–H groups in total. The van der Waals surface area contributed by atoms with Crippen molar-refractivity contribution in [2.24, 2.45) is 22.7 Å². The highest BCUT2D eigenvalue weighted by molar-refractivity contribution is 6.12. The molecule has 25 heavy (non-hydrogen) atoms. The zero-order valence-corrected chi connectivity index (χ0v) is 16.0. The number of rotatable bonds is 2. The fourth-order valence-corrected chi connectivity index (χ4v) is 5.45. The lowest BCUT2D eigenvalue weighted by molar-refractivity contribution is -0.130. The van der Waals surface area contributed by atoms with Crippen LogP contribution in [0.1, 0.15) is 53.9 Å². The minimum atomic E-state index is -0.547. The molecule has 136 valence electrons. The van der Waals surface area contributed by atoms with E-state index in [1.54, 1.807) is 6.08 Å². The van der Waals surface area contributed by atoms with Gasteiger partial charge in [-0.2, -0.15) is 0 Å². The van der Waals surface area contributed by atoms with Crippen LogP contribution in [-0.4, -0.2) is 23.8 Å². The van der Waals surface area contributed by atoms with Gasteiger partial charge in [-0.05, 0) is 30.3 Å². The van der Waals surface area contributed by atoms with Crippen LogP contribution < -0.4 is 0 Å². The molecule has 0 aromatic carbocycles. The molecule has 3 rings (SSSR count). The van der Waals surface area contributed by atoms with Gasteiger partial charge < -0.3 is 9.84 Å². The second-order valence-corrected chi connectivity index (χ2v) is 8.81. The van der Waals surface area contributed by atoms with E-state index in [-0.39, 0.29) is 34.6 Å². The summed E-state index contributed by atoms with van der Waals surface area (Å²) in [5.74, 6) is -0.378. The van der Waals surface area contributed by atoms with Gasteiger partial charge in [-0.15, -0.1) is 0 Å². The van der Waals surface area contributed by atoms with Gasteiger partial charge >= 0.3 is 0 Å². The number of carbonyl (C=O) groups excluding carboxylic acids is 2. The van der Waals surface area contributed by atoms with Gasteiger partial charge in [-0.3, -0.25) is 9.59 Å². The number of hydrogen-bond donors (Lipinski definition) is 1. The Morgan fingerprint density at radius 2 is 1.84 bits per heavy atom. The van der Waals surface area contributed by atoms with E-state index in [2.05, 4.69) is 13.8 Å². The predicted molar refractivity (Wildman–Crippen MR) is 95.9 cm³/mol. The number of aliphatic hydroxyl groups is 1. The summed E-state index contributed by atoms with van der Waals surface area (Å²) in [4.78, 5) is 26.0. The van der Waals surface area contributed by atoms with Crippen LogP contribution in [0.2, 0.25) is 0 Å². The quantitative estimate of drug-likeness (QED) is 0.812. The van der Waals surface area contributed by atoms with Gasteiger partial charge in [-0.1, -0.05) is 41.0 Å². The number of carbonyl (C=O) groups is 2. The van der Waals surface area contributed by atoms with Gasteiger partial charge in [0.2, 0.25) is 5.78 Å². The number of hydrogen-bond acceptors (Lipinski definition) is 4. The first-order valence-corrected chi connectivity index (χ1v) is 9.09. The summed E-state index contributed by atoms with van der Waals surface area (Å²) in [7, 11) is 1.52. The summed E-state index contributed by atoms with van der Waals surface area (Å²) in [6.45, 7) is 10.0. The van der Waals surface area contributed by atoms with Crippen LogP contribution in [0.3, 0.4) is 0 Å². The lowest BCUT2D eigenvalue weighted by atomic mass is 9.49. The average molecular weight is 344 g/mol. The van der Waals surface area contributed by atoms with Crippen molar-refractivity contribution in [2.45, 2.75) is 53.9 Å². The van der Waals surface area contributed by atoms with Gasteiger partial charge in [0.15, 0.2) is 11.5 Å². The molecule has 3 aliphatic carbocycles. The molecule has 4 nitrogen and oxygen atoms in total. The van der Waals surface area contributed by atoms with E-state index in [0.717, 1.165) is 19.3 Å². The highest BCUT2D eigenvalue weighted by atomic mass is 16.5. The van der Waals surface area contributed by atoms with E-state index in [0.29, 0.717) is 22.5 Å². The van der Waals surface area contributed by atoms with Crippen LogP contribution in [0, 0.1) is 22.7 Å². The molecule has 0 unspecified atom stereocenters. The Labute approximate surface area is 149 Å². The van der Waals surface area contributed by atoms with Crippen molar-refractivity contribution in [1.82, 2.24) is 0 Å². The fourth-order valence-electron chi connectivity index (χ4n) is 5.45. The maximum absolute atomic E-state index is 13.1. The Morgan fingerprint density at radius 3 is 2.40 bits per heavy atom. The van der Waals surface area contributed by atoms with Gasteiger partial charge in [0.05, 0.1) is 7.11 Å². The van der Waals surface area contributed by atoms with Crippen molar-refractivity contribution < 1.29 is 19.4 Å². The first kappa shape index (κ1) is 18.0. The highest BCUT2D eigenvalue weighted by Gasteiger charge is 2.57. The van der Waals surface area contributed by atoms with Gasteiger partial charge in [0.1, 0.15) is 5.76 Å². The first-order valence-electron chi connectivity index (χ1n) is 9.09. The molecule has 0 spiro atoms. The molecule has 0 bridgehead atoms. The molecule has 4 heteroatoms. The lowest BCUT2D eigenvalue weighted by Crippen LogP contribution is -2.51. The molecule has 0 saturated heterocycles. The summed E-state index contributed by atoms with van der Waals surface area (Å²) in [6.07, 6.45) is 4.31. The molecular weight excluding hydrogens is 316 g/mol. The minimum Gasteiger partial charge on any atom is -0.504 e. The number of aliphatic hydroxyl groups excluding tert-OH is 1. The summed E-state index contributed by atoms with van der Waals surface area (Å²) < 4.78 is 5.57. The van der Waals surface area contributed by atoms with E-state index in [1.165, 1.54) is 7.11 Å². The second-order valence-electron chi connectivity index (χ2n) is 8.81.